The maximum atomic E-state index is 12.1. The van der Waals surface area contributed by atoms with Gasteiger partial charge in [0.2, 0.25) is 0 Å². The second-order valence-electron chi connectivity index (χ2n) is 11.2. The number of aliphatic hydroxyl groups is 1. The maximum absolute atomic E-state index is 12.1. The lowest BCUT2D eigenvalue weighted by atomic mass is 10.2. The Hall–Kier alpha value is -3.70. The van der Waals surface area contributed by atoms with E-state index >= 15 is 0 Å². The Balaban J connectivity index is 3.82. The van der Waals surface area contributed by atoms with Crippen molar-refractivity contribution >= 4 is 11.9 Å². The second-order valence-corrected chi connectivity index (χ2v) is 11.2. The molecule has 0 aromatic carbocycles. The molecule has 0 aliphatic heterocycles. The van der Waals surface area contributed by atoms with E-state index in [1.165, 1.54) is 0 Å². The number of hydrogen-bond donors (Lipinski definition) is 1. The van der Waals surface area contributed by atoms with Crippen LogP contribution in [0.15, 0.2) is 122 Å². The molecule has 0 aromatic heterocycles. The van der Waals surface area contributed by atoms with Crippen LogP contribution >= 0.6 is 0 Å². The minimum Gasteiger partial charge on any atom is -0.462 e. The van der Waals surface area contributed by atoms with Gasteiger partial charge in [-0.1, -0.05) is 135 Å². The summed E-state index contributed by atoms with van der Waals surface area (Å²) < 4.78 is 10.5. The van der Waals surface area contributed by atoms with E-state index in [0.717, 1.165) is 77.0 Å². The maximum Gasteiger partial charge on any atom is 0.306 e. The minimum atomic E-state index is -0.831. The molecule has 48 heavy (non-hydrogen) atoms. The van der Waals surface area contributed by atoms with Crippen molar-refractivity contribution in [1.29, 1.82) is 0 Å². The molecule has 1 atom stereocenters. The van der Waals surface area contributed by atoms with Crippen LogP contribution < -0.4 is 0 Å². The van der Waals surface area contributed by atoms with Crippen molar-refractivity contribution in [2.24, 2.45) is 0 Å². The third kappa shape index (κ3) is 35.2. The predicted molar refractivity (Wildman–Crippen MR) is 205 cm³/mol. The van der Waals surface area contributed by atoms with Crippen LogP contribution in [0.4, 0.5) is 0 Å². The van der Waals surface area contributed by atoms with E-state index in [4.69, 9.17) is 9.47 Å². The number of carbonyl (C=O) groups is 2. The molecule has 0 aliphatic carbocycles. The minimum absolute atomic E-state index is 0.131. The van der Waals surface area contributed by atoms with Gasteiger partial charge >= 0.3 is 11.9 Å². The van der Waals surface area contributed by atoms with Gasteiger partial charge in [-0.05, 0) is 89.9 Å². The number of carbonyl (C=O) groups excluding carboxylic acids is 2. The quantitative estimate of drug-likeness (QED) is 0.0471. The van der Waals surface area contributed by atoms with Crippen molar-refractivity contribution in [2.45, 2.75) is 123 Å². The molecule has 5 nitrogen and oxygen atoms in total. The highest BCUT2D eigenvalue weighted by molar-refractivity contribution is 5.70. The SMILES string of the molecule is CC/C=C\C/C=C\C/C=C\C/C=C\C/C=C\C/C=C\CCCCC(=O)OC(CO)COC(=O)CC/C=C\C/C=C\C/C=C\C/C=C\CC. The first-order valence-corrected chi connectivity index (χ1v) is 18.1. The molecule has 0 saturated carbocycles. The first-order valence-electron chi connectivity index (χ1n) is 18.1. The Morgan fingerprint density at radius 2 is 0.854 bits per heavy atom. The number of rotatable bonds is 30. The number of esters is 2. The zero-order chi connectivity index (χ0) is 35.0. The Morgan fingerprint density at radius 3 is 1.25 bits per heavy atom. The highest BCUT2D eigenvalue weighted by atomic mass is 16.6. The van der Waals surface area contributed by atoms with Crippen molar-refractivity contribution in [2.75, 3.05) is 13.2 Å². The molecule has 0 saturated heterocycles. The van der Waals surface area contributed by atoms with Crippen LogP contribution in [-0.2, 0) is 19.1 Å². The largest absolute Gasteiger partial charge is 0.462 e. The lowest BCUT2D eigenvalue weighted by Crippen LogP contribution is -2.28. The fourth-order valence-electron chi connectivity index (χ4n) is 4.10. The van der Waals surface area contributed by atoms with E-state index in [1.54, 1.807) is 0 Å². The number of aliphatic hydroxyl groups excluding tert-OH is 1. The average Bonchev–Trinajstić information content (AvgIpc) is 3.09. The number of allylic oxidation sites excluding steroid dienone is 20. The van der Waals surface area contributed by atoms with Crippen LogP contribution in [0.5, 0.6) is 0 Å². The second kappa shape index (κ2) is 37.8. The number of unbranched alkanes of at least 4 members (excludes halogenated alkanes) is 2. The van der Waals surface area contributed by atoms with Gasteiger partial charge in [-0.25, -0.2) is 0 Å². The number of hydrogen-bond acceptors (Lipinski definition) is 5. The van der Waals surface area contributed by atoms with Gasteiger partial charge in [-0.15, -0.1) is 0 Å². The summed E-state index contributed by atoms with van der Waals surface area (Å²) in [5.41, 5.74) is 0. The van der Waals surface area contributed by atoms with Crippen LogP contribution in [0.1, 0.15) is 117 Å². The topological polar surface area (TPSA) is 72.8 Å². The summed E-state index contributed by atoms with van der Waals surface area (Å²) in [5, 5.41) is 9.52. The molecule has 266 valence electrons. The first kappa shape index (κ1) is 44.3. The molecule has 0 radical (unpaired) electrons. The van der Waals surface area contributed by atoms with E-state index in [0.29, 0.717) is 12.8 Å². The summed E-state index contributed by atoms with van der Waals surface area (Å²) in [7, 11) is 0. The Kier molecular flexibility index (Phi) is 34.8. The molecule has 0 bridgehead atoms. The van der Waals surface area contributed by atoms with Crippen molar-refractivity contribution in [3.05, 3.63) is 122 Å². The van der Waals surface area contributed by atoms with E-state index in [9.17, 15) is 14.7 Å². The van der Waals surface area contributed by atoms with Gasteiger partial charge in [0.05, 0.1) is 6.61 Å². The fourth-order valence-corrected chi connectivity index (χ4v) is 4.10. The Bertz CT molecular complexity index is 1060. The molecule has 0 amide bonds. The zero-order valence-corrected chi connectivity index (χ0v) is 29.9. The summed E-state index contributed by atoms with van der Waals surface area (Å²) >= 11 is 0. The van der Waals surface area contributed by atoms with Crippen LogP contribution in [0.2, 0.25) is 0 Å². The van der Waals surface area contributed by atoms with Crippen molar-refractivity contribution in [3.8, 4) is 0 Å². The summed E-state index contributed by atoms with van der Waals surface area (Å²) in [6, 6.07) is 0. The third-order valence-electron chi connectivity index (χ3n) is 6.76. The molecular weight excluding hydrogens is 596 g/mol. The molecule has 0 spiro atoms. The summed E-state index contributed by atoms with van der Waals surface area (Å²) in [4.78, 5) is 24.1. The normalized spacial score (nSPS) is 13.6. The number of ether oxygens (including phenoxy) is 2. The standard InChI is InChI=1S/C43H64O5/c1-3-5-7-9-11-13-15-17-18-19-20-21-22-23-24-26-28-30-32-34-36-38-43(46)48-41(39-44)40-47-42(45)37-35-33-31-29-27-25-16-14-12-10-8-6-4-2/h5-8,11-14,17-18,20-21,23-25,27-28,30-31,33,41,44H,3-4,9-10,15-16,19,22,26,29,32,34-40H2,1-2H3/b7-5-,8-6-,13-11-,14-12-,18-17-,21-20-,24-23-,27-25-,30-28-,33-31-. The molecule has 0 heterocycles. The molecule has 0 fully saturated rings. The fraction of sp³-hybridized carbons (Fsp3) is 0.488. The smallest absolute Gasteiger partial charge is 0.306 e. The highest BCUT2D eigenvalue weighted by Gasteiger charge is 2.15. The van der Waals surface area contributed by atoms with Gasteiger partial charge in [0.1, 0.15) is 6.61 Å². The summed E-state index contributed by atoms with van der Waals surface area (Å²) in [5.74, 6) is -0.754. The summed E-state index contributed by atoms with van der Waals surface area (Å²) in [6.07, 6.45) is 55.5. The van der Waals surface area contributed by atoms with Crippen molar-refractivity contribution in [1.82, 2.24) is 0 Å². The van der Waals surface area contributed by atoms with Gasteiger partial charge in [0.15, 0.2) is 6.10 Å². The van der Waals surface area contributed by atoms with E-state index < -0.39 is 6.10 Å². The molecule has 0 rings (SSSR count). The van der Waals surface area contributed by atoms with E-state index in [1.807, 2.05) is 12.2 Å². The molecule has 0 aromatic rings. The molecule has 1 unspecified atom stereocenters. The van der Waals surface area contributed by atoms with Gasteiger partial charge < -0.3 is 14.6 Å². The van der Waals surface area contributed by atoms with Gasteiger partial charge in [-0.3, -0.25) is 9.59 Å². The zero-order valence-electron chi connectivity index (χ0n) is 29.9. The van der Waals surface area contributed by atoms with E-state index in [2.05, 4.69) is 123 Å². The Labute approximate surface area is 293 Å². The van der Waals surface area contributed by atoms with Gasteiger partial charge in [0, 0.05) is 12.8 Å². The lowest BCUT2D eigenvalue weighted by molar-refractivity contribution is -0.161. The molecule has 1 N–H and O–H groups in total. The van der Waals surface area contributed by atoms with Crippen LogP contribution in [0.25, 0.3) is 0 Å². The van der Waals surface area contributed by atoms with Gasteiger partial charge in [-0.2, -0.15) is 0 Å². The van der Waals surface area contributed by atoms with Crippen LogP contribution in [-0.4, -0.2) is 36.4 Å². The van der Waals surface area contributed by atoms with Crippen LogP contribution in [0, 0.1) is 0 Å². The van der Waals surface area contributed by atoms with E-state index in [-0.39, 0.29) is 38.0 Å². The highest BCUT2D eigenvalue weighted by Crippen LogP contribution is 2.06. The Morgan fingerprint density at radius 1 is 0.479 bits per heavy atom. The lowest BCUT2D eigenvalue weighted by Gasteiger charge is -2.15. The summed E-state index contributed by atoms with van der Waals surface area (Å²) in [6.45, 7) is 3.77. The van der Waals surface area contributed by atoms with Gasteiger partial charge in [0.25, 0.3) is 0 Å². The van der Waals surface area contributed by atoms with Crippen molar-refractivity contribution in [3.63, 3.8) is 0 Å². The monoisotopic (exact) mass is 660 g/mol. The molecule has 5 heteroatoms. The van der Waals surface area contributed by atoms with Crippen LogP contribution in [0.3, 0.4) is 0 Å². The predicted octanol–water partition coefficient (Wildman–Crippen LogP) is 11.3. The third-order valence-corrected chi connectivity index (χ3v) is 6.76. The first-order chi connectivity index (χ1) is 23.6. The molecule has 0 aliphatic rings. The average molecular weight is 661 g/mol. The molecular formula is C43H64O5. The van der Waals surface area contributed by atoms with Crippen molar-refractivity contribution < 1.29 is 24.2 Å².